The molecule has 1 amide bonds. The van der Waals surface area contributed by atoms with Crippen LogP contribution in [-0.2, 0) is 11.3 Å². The summed E-state index contributed by atoms with van der Waals surface area (Å²) in [6.45, 7) is 1.14. The molecule has 0 aromatic heterocycles. The summed E-state index contributed by atoms with van der Waals surface area (Å²) in [5.41, 5.74) is 1.57. The van der Waals surface area contributed by atoms with Crippen LogP contribution in [0.15, 0.2) is 36.4 Å². The number of quaternary nitrogens is 1. The number of ether oxygens (including phenoxy) is 1. The summed E-state index contributed by atoms with van der Waals surface area (Å²) < 4.78 is 5.19. The van der Waals surface area contributed by atoms with Crippen LogP contribution in [0.1, 0.15) is 18.4 Å². The van der Waals surface area contributed by atoms with Crippen LogP contribution in [0.25, 0.3) is 0 Å². The molecule has 1 saturated carbocycles. The van der Waals surface area contributed by atoms with Crippen LogP contribution in [0.3, 0.4) is 0 Å². The van der Waals surface area contributed by atoms with Gasteiger partial charge in [0, 0.05) is 23.4 Å². The topological polar surface area (TPSA) is 42.8 Å². The van der Waals surface area contributed by atoms with Gasteiger partial charge in [0.25, 0.3) is 5.91 Å². The Bertz CT molecular complexity index is 769. The predicted octanol–water partition coefficient (Wildman–Crippen LogP) is 3.84. The van der Waals surface area contributed by atoms with Gasteiger partial charge >= 0.3 is 0 Å². The van der Waals surface area contributed by atoms with Crippen molar-refractivity contribution in [2.45, 2.75) is 25.4 Å². The Hall–Kier alpha value is -1.46. The average Bonchev–Trinajstić information content (AvgIpc) is 3.43. The van der Waals surface area contributed by atoms with Gasteiger partial charge < -0.3 is 15.0 Å². The quantitative estimate of drug-likeness (QED) is 0.723. The summed E-state index contributed by atoms with van der Waals surface area (Å²) in [5.74, 6) is 0.707. The van der Waals surface area contributed by atoms with Crippen molar-refractivity contribution in [1.29, 1.82) is 0 Å². The number of rotatable bonds is 7. The maximum Gasteiger partial charge on any atom is 0.279 e. The number of carbonyl (C=O) groups is 1. The van der Waals surface area contributed by atoms with Crippen LogP contribution in [0.4, 0.5) is 5.69 Å². The molecule has 0 aliphatic heterocycles. The monoisotopic (exact) mass is 413 g/mol. The van der Waals surface area contributed by atoms with Gasteiger partial charge in [0.2, 0.25) is 0 Å². The first-order valence-electron chi connectivity index (χ1n) is 8.38. The second-order valence-electron chi connectivity index (χ2n) is 6.43. The molecular formula is C19H20Cl3N2O2+. The molecule has 26 heavy (non-hydrogen) atoms. The van der Waals surface area contributed by atoms with Crippen molar-refractivity contribution >= 4 is 46.4 Å². The minimum Gasteiger partial charge on any atom is -0.497 e. The highest BCUT2D eigenvalue weighted by Crippen LogP contribution is 2.33. The van der Waals surface area contributed by atoms with Crippen molar-refractivity contribution < 1.29 is 14.4 Å². The number of benzene rings is 2. The summed E-state index contributed by atoms with van der Waals surface area (Å²) in [6.07, 6.45) is 2.28. The number of amides is 1. The molecule has 1 atom stereocenters. The van der Waals surface area contributed by atoms with Crippen LogP contribution in [0.2, 0.25) is 15.1 Å². The van der Waals surface area contributed by atoms with Crippen molar-refractivity contribution in [3.63, 3.8) is 0 Å². The van der Waals surface area contributed by atoms with E-state index in [1.165, 1.54) is 10.5 Å². The third-order valence-corrected chi connectivity index (χ3v) is 5.22. The van der Waals surface area contributed by atoms with Gasteiger partial charge in [0.05, 0.1) is 28.9 Å². The summed E-state index contributed by atoms with van der Waals surface area (Å²) >= 11 is 18.2. The minimum atomic E-state index is -0.119. The first kappa shape index (κ1) is 19.3. The second-order valence-corrected chi connectivity index (χ2v) is 7.68. The standard InChI is InChI=1S/C19H19Cl3N2O2/c1-26-15-6-2-12(3-7-15)10-24(14-4-5-14)11-18(25)23-19-16(21)8-13(20)9-17(19)22/h2-3,6-9,14H,4-5,10-11H2,1H3,(H,23,25)/p+1. The Kier molecular flexibility index (Phi) is 6.30. The Morgan fingerprint density at radius 2 is 1.77 bits per heavy atom. The average molecular weight is 415 g/mol. The van der Waals surface area contributed by atoms with E-state index in [0.717, 1.165) is 25.1 Å². The first-order chi connectivity index (χ1) is 12.5. The molecule has 2 aromatic rings. The maximum atomic E-state index is 12.5. The second kappa shape index (κ2) is 8.49. The minimum absolute atomic E-state index is 0.119. The van der Waals surface area contributed by atoms with Crippen LogP contribution in [0.5, 0.6) is 5.75 Å². The Balaban J connectivity index is 1.65. The molecule has 4 nitrogen and oxygen atoms in total. The summed E-state index contributed by atoms with van der Waals surface area (Å²) in [7, 11) is 1.65. The zero-order valence-electron chi connectivity index (χ0n) is 14.3. The predicted molar refractivity (Wildman–Crippen MR) is 106 cm³/mol. The molecular weight excluding hydrogens is 395 g/mol. The number of anilines is 1. The fourth-order valence-corrected chi connectivity index (χ4v) is 3.81. The van der Waals surface area contributed by atoms with E-state index in [4.69, 9.17) is 39.5 Å². The molecule has 138 valence electrons. The fraction of sp³-hybridized carbons (Fsp3) is 0.316. The third-order valence-electron chi connectivity index (χ3n) is 4.40. The van der Waals surface area contributed by atoms with Crippen molar-refractivity contribution in [2.75, 3.05) is 19.0 Å². The van der Waals surface area contributed by atoms with E-state index in [9.17, 15) is 4.79 Å². The molecule has 7 heteroatoms. The van der Waals surface area contributed by atoms with Crippen molar-refractivity contribution in [3.05, 3.63) is 57.0 Å². The van der Waals surface area contributed by atoms with E-state index >= 15 is 0 Å². The maximum absolute atomic E-state index is 12.5. The van der Waals surface area contributed by atoms with Gasteiger partial charge in [0.1, 0.15) is 12.3 Å². The molecule has 0 radical (unpaired) electrons. The van der Waals surface area contributed by atoms with E-state index in [-0.39, 0.29) is 5.91 Å². The summed E-state index contributed by atoms with van der Waals surface area (Å²) in [4.78, 5) is 13.8. The van der Waals surface area contributed by atoms with Gasteiger partial charge in [0.15, 0.2) is 6.54 Å². The molecule has 1 unspecified atom stereocenters. The van der Waals surface area contributed by atoms with Crippen LogP contribution in [-0.4, -0.2) is 25.6 Å². The molecule has 1 fully saturated rings. The van der Waals surface area contributed by atoms with Crippen LogP contribution < -0.4 is 15.0 Å². The molecule has 0 saturated heterocycles. The van der Waals surface area contributed by atoms with Crippen molar-refractivity contribution in [1.82, 2.24) is 0 Å². The molecule has 0 spiro atoms. The van der Waals surface area contributed by atoms with E-state index in [1.807, 2.05) is 24.3 Å². The lowest BCUT2D eigenvalue weighted by molar-refractivity contribution is -0.916. The third kappa shape index (κ3) is 5.04. The molecule has 2 aromatic carbocycles. The van der Waals surface area contributed by atoms with Crippen LogP contribution in [0, 0.1) is 0 Å². The van der Waals surface area contributed by atoms with Gasteiger partial charge in [-0.15, -0.1) is 0 Å². The summed E-state index contributed by atoms with van der Waals surface area (Å²) in [5, 5.41) is 3.92. The number of halogens is 3. The zero-order chi connectivity index (χ0) is 18.7. The van der Waals surface area contributed by atoms with Crippen molar-refractivity contribution in [2.24, 2.45) is 0 Å². The van der Waals surface area contributed by atoms with Gasteiger partial charge in [-0.3, -0.25) is 4.79 Å². The number of carbonyl (C=O) groups excluding carboxylic acids is 1. The molecule has 1 aliphatic carbocycles. The Labute approximate surface area is 168 Å². The van der Waals surface area contributed by atoms with Gasteiger partial charge in [-0.05, 0) is 36.4 Å². The van der Waals surface area contributed by atoms with Gasteiger partial charge in [-0.25, -0.2) is 0 Å². The fourth-order valence-electron chi connectivity index (χ4n) is 2.90. The highest BCUT2D eigenvalue weighted by Gasteiger charge is 2.34. The smallest absolute Gasteiger partial charge is 0.279 e. The largest absolute Gasteiger partial charge is 0.497 e. The first-order valence-corrected chi connectivity index (χ1v) is 9.51. The van der Waals surface area contributed by atoms with Gasteiger partial charge in [-0.2, -0.15) is 0 Å². The lowest BCUT2D eigenvalue weighted by Crippen LogP contribution is -3.13. The lowest BCUT2D eigenvalue weighted by Gasteiger charge is -2.19. The SMILES string of the molecule is COc1ccc(C[NH+](CC(=O)Nc2c(Cl)cc(Cl)cc2Cl)C2CC2)cc1. The molecule has 2 N–H and O–H groups in total. The zero-order valence-corrected chi connectivity index (χ0v) is 16.6. The lowest BCUT2D eigenvalue weighted by atomic mass is 10.2. The normalized spacial score (nSPS) is 14.8. The van der Waals surface area contributed by atoms with E-state index in [0.29, 0.717) is 33.3 Å². The van der Waals surface area contributed by atoms with E-state index in [2.05, 4.69) is 5.32 Å². The van der Waals surface area contributed by atoms with Gasteiger partial charge in [-0.1, -0.05) is 34.8 Å². The number of hydrogen-bond acceptors (Lipinski definition) is 2. The molecule has 0 heterocycles. The van der Waals surface area contributed by atoms with Crippen LogP contribution >= 0.6 is 34.8 Å². The highest BCUT2D eigenvalue weighted by molar-refractivity contribution is 6.42. The molecule has 1 aliphatic rings. The highest BCUT2D eigenvalue weighted by atomic mass is 35.5. The number of nitrogens with one attached hydrogen (secondary N) is 2. The summed E-state index contributed by atoms with van der Waals surface area (Å²) in [6, 6.07) is 11.6. The van der Waals surface area contributed by atoms with E-state index < -0.39 is 0 Å². The number of hydrogen-bond donors (Lipinski definition) is 2. The molecule has 3 rings (SSSR count). The molecule has 0 bridgehead atoms. The number of methoxy groups -OCH3 is 1. The Morgan fingerprint density at radius 3 is 2.31 bits per heavy atom. The Morgan fingerprint density at radius 1 is 1.15 bits per heavy atom. The van der Waals surface area contributed by atoms with Crippen molar-refractivity contribution in [3.8, 4) is 5.75 Å². The van der Waals surface area contributed by atoms with E-state index in [1.54, 1.807) is 19.2 Å².